The van der Waals surface area contributed by atoms with Crippen LogP contribution >= 0.6 is 7.82 Å². The summed E-state index contributed by atoms with van der Waals surface area (Å²) in [6, 6.07) is 0. The molecular weight excluding hydrogens is 187 g/mol. The van der Waals surface area contributed by atoms with Crippen LogP contribution in [0.15, 0.2) is 12.5 Å². The summed E-state index contributed by atoms with van der Waals surface area (Å²) < 4.78 is 18.8. The molecule has 7 heteroatoms. The van der Waals surface area contributed by atoms with E-state index in [0.717, 1.165) is 0 Å². The lowest BCUT2D eigenvalue weighted by Crippen LogP contribution is -2.14. The number of ether oxygens (including phenoxy) is 1. The maximum Gasteiger partial charge on any atom is 0.469 e. The Morgan fingerprint density at radius 1 is 1.67 bits per heavy atom. The zero-order chi connectivity index (χ0) is 9.78. The first-order valence-electron chi connectivity index (χ1n) is 3.06. The first-order chi connectivity index (χ1) is 5.31. The molecule has 6 nitrogen and oxygen atoms in total. The summed E-state index contributed by atoms with van der Waals surface area (Å²) in [6.07, 6.45) is -0.657. The van der Waals surface area contributed by atoms with Gasteiger partial charge in [-0.2, -0.15) is 0 Å². The molecule has 1 atom stereocenters. The van der Waals surface area contributed by atoms with Crippen molar-refractivity contribution in [3.63, 3.8) is 0 Å². The van der Waals surface area contributed by atoms with Gasteiger partial charge in [0.2, 0.25) is 0 Å². The van der Waals surface area contributed by atoms with E-state index in [9.17, 15) is 4.57 Å². The summed E-state index contributed by atoms with van der Waals surface area (Å²) in [7, 11) is -4.45. The van der Waals surface area contributed by atoms with Gasteiger partial charge in [0.15, 0.2) is 0 Å². The summed E-state index contributed by atoms with van der Waals surface area (Å²) in [5.74, 6) is -0.517. The predicted octanol–water partition coefficient (Wildman–Crippen LogP) is 0.530. The third-order valence-electron chi connectivity index (χ3n) is 0.815. The zero-order valence-corrected chi connectivity index (χ0v) is 7.40. The molecule has 0 aliphatic rings. The largest absolute Gasteiger partial charge is 0.481 e. The Hall–Kier alpha value is -0.550. The third-order valence-corrected chi connectivity index (χ3v) is 1.30. The number of hydrogen-bond donors (Lipinski definition) is 3. The molecule has 12 heavy (non-hydrogen) atoms. The first-order valence-corrected chi connectivity index (χ1v) is 4.59. The second kappa shape index (κ2) is 4.47. The van der Waals surface area contributed by atoms with Crippen LogP contribution in [0.1, 0.15) is 6.92 Å². The van der Waals surface area contributed by atoms with Crippen LogP contribution in [0.25, 0.3) is 0 Å². The van der Waals surface area contributed by atoms with E-state index in [1.165, 1.54) is 6.92 Å². The average molecular weight is 198 g/mol. The van der Waals surface area contributed by atoms with Crippen molar-refractivity contribution in [2.75, 3.05) is 6.61 Å². The summed E-state index contributed by atoms with van der Waals surface area (Å²) in [6.45, 7) is 4.18. The molecule has 3 N–H and O–H groups in total. The Labute approximate surface area is 69.7 Å². The smallest absolute Gasteiger partial charge is 0.469 e. The van der Waals surface area contributed by atoms with Crippen molar-refractivity contribution in [2.45, 2.75) is 13.0 Å². The van der Waals surface area contributed by atoms with Gasteiger partial charge in [-0.25, -0.2) is 4.57 Å². The Kier molecular flexibility index (Phi) is 4.26. The number of rotatable bonds is 5. The lowest BCUT2D eigenvalue weighted by atomic mass is 10.4. The molecule has 0 heterocycles. The van der Waals surface area contributed by atoms with Gasteiger partial charge in [0.1, 0.15) is 6.10 Å². The number of phosphoric acid groups is 1. The molecule has 0 rings (SSSR count). The third kappa shape index (κ3) is 7.56. The Bertz CT molecular complexity index is 196. The second-order valence-electron chi connectivity index (χ2n) is 2.11. The highest BCUT2D eigenvalue weighted by Crippen LogP contribution is 2.35. The number of hydrogen-bond acceptors (Lipinski definition) is 4. The highest BCUT2D eigenvalue weighted by atomic mass is 31.2. The van der Waals surface area contributed by atoms with E-state index in [4.69, 9.17) is 14.9 Å². The fourth-order valence-corrected chi connectivity index (χ4v) is 0.872. The SMILES string of the molecule is C=C(O)O[C@H](C)COP(=O)(O)O. The predicted molar refractivity (Wildman–Crippen MR) is 40.3 cm³/mol. The molecule has 0 saturated heterocycles. The van der Waals surface area contributed by atoms with Gasteiger partial charge in [-0.05, 0) is 13.5 Å². The fraction of sp³-hybridized carbons (Fsp3) is 0.600. The monoisotopic (exact) mass is 198 g/mol. The van der Waals surface area contributed by atoms with Crippen molar-refractivity contribution in [2.24, 2.45) is 0 Å². The minimum atomic E-state index is -4.45. The van der Waals surface area contributed by atoms with Gasteiger partial charge in [0.25, 0.3) is 5.95 Å². The van der Waals surface area contributed by atoms with E-state index < -0.39 is 19.9 Å². The summed E-state index contributed by atoms with van der Waals surface area (Å²) in [5, 5.41) is 8.49. The van der Waals surface area contributed by atoms with Crippen molar-refractivity contribution in [1.82, 2.24) is 0 Å². The van der Waals surface area contributed by atoms with Gasteiger partial charge >= 0.3 is 7.82 Å². The van der Waals surface area contributed by atoms with E-state index in [0.29, 0.717) is 0 Å². The van der Waals surface area contributed by atoms with Gasteiger partial charge in [-0.15, -0.1) is 0 Å². The van der Waals surface area contributed by atoms with E-state index in [1.54, 1.807) is 0 Å². The van der Waals surface area contributed by atoms with Gasteiger partial charge < -0.3 is 19.6 Å². The van der Waals surface area contributed by atoms with Crippen LogP contribution in [-0.4, -0.2) is 27.6 Å². The molecule has 0 saturated carbocycles. The summed E-state index contributed by atoms with van der Waals surface area (Å²) in [5.41, 5.74) is 0. The standard InChI is InChI=1S/C5H11O6P/c1-4(11-5(2)6)3-10-12(7,8)9/h4,6H,2-3H2,1H3,(H2,7,8,9)/t4-/m1/s1. The second-order valence-corrected chi connectivity index (χ2v) is 3.35. The Balaban J connectivity index is 3.65. The molecule has 0 aromatic heterocycles. The van der Waals surface area contributed by atoms with E-state index in [-0.39, 0.29) is 6.61 Å². The highest BCUT2D eigenvalue weighted by Gasteiger charge is 2.16. The molecule has 72 valence electrons. The van der Waals surface area contributed by atoms with Crippen LogP contribution in [0, 0.1) is 0 Å². The topological polar surface area (TPSA) is 96.2 Å². The van der Waals surface area contributed by atoms with E-state index in [1.807, 2.05) is 0 Å². The molecule has 0 unspecified atom stereocenters. The Morgan fingerprint density at radius 3 is 2.50 bits per heavy atom. The fourth-order valence-electron chi connectivity index (χ4n) is 0.468. The van der Waals surface area contributed by atoms with Gasteiger partial charge in [0, 0.05) is 0 Å². The molecule has 0 amide bonds. The minimum absolute atomic E-state index is 0.316. The van der Waals surface area contributed by atoms with Gasteiger partial charge in [-0.3, -0.25) is 4.52 Å². The number of phosphoric ester groups is 1. The number of aliphatic hydroxyl groups excluding tert-OH is 1. The maximum absolute atomic E-state index is 10.2. The minimum Gasteiger partial charge on any atom is -0.481 e. The molecule has 0 fully saturated rings. The van der Waals surface area contributed by atoms with Crippen molar-refractivity contribution >= 4 is 7.82 Å². The molecule has 0 bridgehead atoms. The molecule has 0 aliphatic carbocycles. The van der Waals surface area contributed by atoms with Crippen molar-refractivity contribution < 1.29 is 28.7 Å². The van der Waals surface area contributed by atoms with Crippen molar-refractivity contribution in [1.29, 1.82) is 0 Å². The van der Waals surface area contributed by atoms with Crippen LogP contribution in [0.3, 0.4) is 0 Å². The average Bonchev–Trinajstić information content (AvgIpc) is 1.80. The highest BCUT2D eigenvalue weighted by molar-refractivity contribution is 7.46. The van der Waals surface area contributed by atoms with Crippen LogP contribution < -0.4 is 0 Å². The van der Waals surface area contributed by atoms with Crippen LogP contribution in [0.4, 0.5) is 0 Å². The Morgan fingerprint density at radius 2 is 2.17 bits per heavy atom. The van der Waals surface area contributed by atoms with Gasteiger partial charge in [0.05, 0.1) is 6.61 Å². The first kappa shape index (κ1) is 11.4. The van der Waals surface area contributed by atoms with Crippen molar-refractivity contribution in [3.8, 4) is 0 Å². The van der Waals surface area contributed by atoms with Gasteiger partial charge in [-0.1, -0.05) is 0 Å². The van der Waals surface area contributed by atoms with Crippen LogP contribution in [0.5, 0.6) is 0 Å². The van der Waals surface area contributed by atoms with Crippen LogP contribution in [-0.2, 0) is 13.8 Å². The molecule has 0 aliphatic heterocycles. The lowest BCUT2D eigenvalue weighted by Gasteiger charge is -2.13. The molecule has 0 aromatic rings. The van der Waals surface area contributed by atoms with Crippen molar-refractivity contribution in [3.05, 3.63) is 12.5 Å². The quantitative estimate of drug-likeness (QED) is 0.440. The molecule has 0 aromatic carbocycles. The van der Waals surface area contributed by atoms with E-state index >= 15 is 0 Å². The summed E-state index contributed by atoms with van der Waals surface area (Å²) in [4.78, 5) is 16.5. The zero-order valence-electron chi connectivity index (χ0n) is 6.51. The lowest BCUT2D eigenvalue weighted by molar-refractivity contribution is 0.0113. The molecule has 0 radical (unpaired) electrons. The maximum atomic E-state index is 10.2. The van der Waals surface area contributed by atoms with Crippen LogP contribution in [0.2, 0.25) is 0 Å². The number of aliphatic hydroxyl groups is 1. The molecule has 0 spiro atoms. The normalized spacial score (nSPS) is 13.9. The molecular formula is C5H11O6P. The van der Waals surface area contributed by atoms with E-state index in [2.05, 4.69) is 15.8 Å². The summed E-state index contributed by atoms with van der Waals surface area (Å²) >= 11 is 0.